The van der Waals surface area contributed by atoms with Crippen LogP contribution in [0.25, 0.3) is 0 Å². The van der Waals surface area contributed by atoms with Crippen molar-refractivity contribution in [2.75, 3.05) is 13.7 Å². The van der Waals surface area contributed by atoms with E-state index in [1.807, 2.05) is 0 Å². The van der Waals surface area contributed by atoms with Gasteiger partial charge in [-0.3, -0.25) is 4.90 Å². The van der Waals surface area contributed by atoms with Crippen molar-refractivity contribution >= 4 is 12.0 Å². The Hall–Kier alpha value is -1.78. The zero-order valence-electron chi connectivity index (χ0n) is 7.06. The molecule has 0 spiro atoms. The first kappa shape index (κ1) is 7.85. The third kappa shape index (κ3) is 1.40. The molecule has 0 saturated carbocycles. The summed E-state index contributed by atoms with van der Waals surface area (Å²) >= 11 is 0. The Balaban J connectivity index is 2.23. The van der Waals surface area contributed by atoms with Crippen LogP contribution in [0.15, 0.2) is 27.8 Å². The number of furan rings is 1. The fourth-order valence-electron chi connectivity index (χ4n) is 0.949. The van der Waals surface area contributed by atoms with Gasteiger partial charge in [0.25, 0.3) is 5.90 Å². The van der Waals surface area contributed by atoms with Gasteiger partial charge in [-0.15, -0.1) is 0 Å². The molecule has 1 aromatic rings. The lowest BCUT2D eigenvalue weighted by Crippen LogP contribution is -2.34. The topological polar surface area (TPSA) is 55.0 Å². The van der Waals surface area contributed by atoms with Crippen LogP contribution in [0.5, 0.6) is 0 Å². The Morgan fingerprint density at radius 2 is 2.46 bits per heavy atom. The number of hydrogen-bond donors (Lipinski definition) is 0. The zero-order valence-corrected chi connectivity index (χ0v) is 7.06. The summed E-state index contributed by atoms with van der Waals surface area (Å²) in [6, 6.07) is 3.40. The van der Waals surface area contributed by atoms with Crippen LogP contribution >= 0.6 is 0 Å². The second kappa shape index (κ2) is 2.93. The molecule has 0 fully saturated rings. The van der Waals surface area contributed by atoms with Crippen molar-refractivity contribution < 1.29 is 13.9 Å². The van der Waals surface area contributed by atoms with Gasteiger partial charge in [-0.25, -0.2) is 9.79 Å². The highest BCUT2D eigenvalue weighted by atomic mass is 16.6. The Morgan fingerprint density at radius 1 is 1.62 bits per heavy atom. The van der Waals surface area contributed by atoms with E-state index in [1.165, 1.54) is 11.2 Å². The largest absolute Gasteiger partial charge is 0.459 e. The minimum absolute atomic E-state index is 0.244. The van der Waals surface area contributed by atoms with Gasteiger partial charge in [-0.1, -0.05) is 0 Å². The molecule has 5 heteroatoms. The highest BCUT2D eigenvalue weighted by Gasteiger charge is 2.21. The first-order valence-electron chi connectivity index (χ1n) is 3.78. The quantitative estimate of drug-likeness (QED) is 0.649. The van der Waals surface area contributed by atoms with Gasteiger partial charge in [0.05, 0.1) is 6.26 Å². The van der Waals surface area contributed by atoms with E-state index in [0.717, 1.165) is 0 Å². The maximum absolute atomic E-state index is 11.1. The van der Waals surface area contributed by atoms with E-state index in [2.05, 4.69) is 4.99 Å². The molecule has 5 nitrogen and oxygen atoms in total. The van der Waals surface area contributed by atoms with Crippen molar-refractivity contribution in [2.45, 2.75) is 0 Å². The number of aliphatic imine (C=N–C) groups is 1. The second-order valence-electron chi connectivity index (χ2n) is 2.65. The molecule has 13 heavy (non-hydrogen) atoms. The van der Waals surface area contributed by atoms with Gasteiger partial charge in [0.15, 0.2) is 5.76 Å². The molecule has 0 saturated heterocycles. The SMILES string of the molecule is CN1CN=C(c2ccco2)OC1=O. The van der Waals surface area contributed by atoms with E-state index in [9.17, 15) is 4.79 Å². The molecule has 0 aliphatic carbocycles. The van der Waals surface area contributed by atoms with E-state index in [-0.39, 0.29) is 5.90 Å². The highest BCUT2D eigenvalue weighted by molar-refractivity contribution is 5.99. The zero-order chi connectivity index (χ0) is 9.26. The average molecular weight is 180 g/mol. The van der Waals surface area contributed by atoms with Gasteiger partial charge in [0.2, 0.25) is 0 Å². The fourth-order valence-corrected chi connectivity index (χ4v) is 0.949. The summed E-state index contributed by atoms with van der Waals surface area (Å²) < 4.78 is 9.92. The molecule has 2 rings (SSSR count). The fraction of sp³-hybridized carbons (Fsp3) is 0.250. The van der Waals surface area contributed by atoms with Gasteiger partial charge in [-0.2, -0.15) is 0 Å². The molecule has 0 N–H and O–H groups in total. The summed E-state index contributed by atoms with van der Waals surface area (Å²) in [4.78, 5) is 16.5. The van der Waals surface area contributed by atoms with Crippen LogP contribution < -0.4 is 0 Å². The van der Waals surface area contributed by atoms with E-state index in [0.29, 0.717) is 12.4 Å². The minimum Gasteiger partial charge on any atom is -0.459 e. The average Bonchev–Trinajstić information content (AvgIpc) is 2.62. The maximum Gasteiger partial charge on any atom is 0.417 e. The van der Waals surface area contributed by atoms with Crippen LogP contribution in [-0.4, -0.2) is 30.6 Å². The summed E-state index contributed by atoms with van der Waals surface area (Å²) in [6.45, 7) is 0.300. The lowest BCUT2D eigenvalue weighted by molar-refractivity contribution is 0.151. The van der Waals surface area contributed by atoms with E-state index < -0.39 is 6.09 Å². The Labute approximate surface area is 74.6 Å². The van der Waals surface area contributed by atoms with E-state index >= 15 is 0 Å². The van der Waals surface area contributed by atoms with Crippen LogP contribution in [0, 0.1) is 0 Å². The number of hydrogen-bond acceptors (Lipinski definition) is 4. The van der Waals surface area contributed by atoms with Crippen LogP contribution in [0.3, 0.4) is 0 Å². The van der Waals surface area contributed by atoms with Crippen LogP contribution in [0.1, 0.15) is 5.76 Å². The predicted octanol–water partition coefficient (Wildman–Crippen LogP) is 1.07. The third-order valence-electron chi connectivity index (χ3n) is 1.65. The number of amides is 1. The molecule has 1 aliphatic rings. The van der Waals surface area contributed by atoms with Crippen molar-refractivity contribution in [2.24, 2.45) is 4.99 Å². The summed E-state index contributed by atoms with van der Waals surface area (Å²) in [6.07, 6.45) is 1.09. The molecule has 0 aromatic carbocycles. The lowest BCUT2D eigenvalue weighted by atomic mass is 10.4. The standard InChI is InChI=1S/C8H8N2O3/c1-10-5-9-7(13-8(10)11)6-3-2-4-12-6/h2-4H,5H2,1H3. The molecule has 0 radical (unpaired) electrons. The van der Waals surface area contributed by atoms with Gasteiger partial charge in [0.1, 0.15) is 6.67 Å². The lowest BCUT2D eigenvalue weighted by Gasteiger charge is -2.19. The molecule has 0 bridgehead atoms. The smallest absolute Gasteiger partial charge is 0.417 e. The predicted molar refractivity (Wildman–Crippen MR) is 44.4 cm³/mol. The van der Waals surface area contributed by atoms with Gasteiger partial charge < -0.3 is 9.15 Å². The van der Waals surface area contributed by atoms with Gasteiger partial charge >= 0.3 is 6.09 Å². The molecular formula is C8H8N2O3. The molecule has 0 unspecified atom stereocenters. The Bertz CT molecular complexity index is 342. The molecule has 68 valence electrons. The third-order valence-corrected chi connectivity index (χ3v) is 1.65. The molecular weight excluding hydrogens is 172 g/mol. The molecule has 2 heterocycles. The van der Waals surface area contributed by atoms with Crippen molar-refractivity contribution in [1.82, 2.24) is 4.90 Å². The minimum atomic E-state index is -0.415. The van der Waals surface area contributed by atoms with Crippen LogP contribution in [0.4, 0.5) is 4.79 Å². The molecule has 1 aromatic heterocycles. The van der Waals surface area contributed by atoms with Crippen molar-refractivity contribution in [3.63, 3.8) is 0 Å². The molecule has 1 amide bonds. The number of cyclic esters (lactones) is 1. The van der Waals surface area contributed by atoms with E-state index in [4.69, 9.17) is 9.15 Å². The normalized spacial score (nSPS) is 16.8. The Morgan fingerprint density at radius 3 is 3.08 bits per heavy atom. The first-order chi connectivity index (χ1) is 6.27. The number of carbonyl (C=O) groups excluding carboxylic acids is 1. The van der Waals surface area contributed by atoms with Crippen LogP contribution in [-0.2, 0) is 4.74 Å². The van der Waals surface area contributed by atoms with Crippen molar-refractivity contribution in [3.8, 4) is 0 Å². The highest BCUT2D eigenvalue weighted by Crippen LogP contribution is 2.09. The maximum atomic E-state index is 11.1. The van der Waals surface area contributed by atoms with Gasteiger partial charge in [-0.05, 0) is 12.1 Å². The van der Waals surface area contributed by atoms with Gasteiger partial charge in [0, 0.05) is 7.05 Å². The number of ether oxygens (including phenoxy) is 1. The van der Waals surface area contributed by atoms with Crippen molar-refractivity contribution in [1.29, 1.82) is 0 Å². The second-order valence-corrected chi connectivity index (χ2v) is 2.65. The Kier molecular flexibility index (Phi) is 1.77. The monoisotopic (exact) mass is 180 g/mol. The summed E-state index contributed by atoms with van der Waals surface area (Å²) in [5.41, 5.74) is 0. The molecule has 1 aliphatic heterocycles. The first-order valence-corrected chi connectivity index (χ1v) is 3.78. The summed E-state index contributed by atoms with van der Waals surface area (Å²) in [7, 11) is 1.62. The summed E-state index contributed by atoms with van der Waals surface area (Å²) in [5, 5.41) is 0. The van der Waals surface area contributed by atoms with Crippen LogP contribution in [0.2, 0.25) is 0 Å². The molecule has 0 atom stereocenters. The number of carbonyl (C=O) groups is 1. The number of rotatable bonds is 1. The summed E-state index contributed by atoms with van der Waals surface area (Å²) in [5.74, 6) is 0.717. The number of nitrogens with zero attached hydrogens (tertiary/aromatic N) is 2. The van der Waals surface area contributed by atoms with E-state index in [1.54, 1.807) is 19.2 Å². The van der Waals surface area contributed by atoms with Crippen molar-refractivity contribution in [3.05, 3.63) is 24.2 Å².